The lowest BCUT2D eigenvalue weighted by Gasteiger charge is -2.18. The third kappa shape index (κ3) is 4.39. The normalized spacial score (nSPS) is 12.2. The SMILES string of the molecule is CCCOc1cccc(C(CN)Cc2c(Cl)cccc2Cl)c1. The molecule has 2 aromatic rings. The molecule has 4 heteroatoms. The number of hydrogen-bond donors (Lipinski definition) is 1. The number of halogens is 2. The summed E-state index contributed by atoms with van der Waals surface area (Å²) in [7, 11) is 0. The van der Waals surface area contributed by atoms with Crippen LogP contribution in [-0.4, -0.2) is 13.2 Å². The summed E-state index contributed by atoms with van der Waals surface area (Å²) in [6, 6.07) is 13.7. The summed E-state index contributed by atoms with van der Waals surface area (Å²) in [6.45, 7) is 3.33. The summed E-state index contributed by atoms with van der Waals surface area (Å²) < 4.78 is 5.70. The van der Waals surface area contributed by atoms with Gasteiger partial charge in [0.1, 0.15) is 5.75 Å². The van der Waals surface area contributed by atoms with Crippen LogP contribution in [0.25, 0.3) is 0 Å². The highest BCUT2D eigenvalue weighted by molar-refractivity contribution is 6.36. The average molecular weight is 338 g/mol. The molecule has 2 N–H and O–H groups in total. The van der Waals surface area contributed by atoms with Crippen LogP contribution in [0.5, 0.6) is 5.75 Å². The fourth-order valence-electron chi connectivity index (χ4n) is 2.39. The number of rotatable bonds is 7. The van der Waals surface area contributed by atoms with Gasteiger partial charge in [-0.25, -0.2) is 0 Å². The molecule has 0 saturated carbocycles. The Hall–Kier alpha value is -1.22. The monoisotopic (exact) mass is 337 g/mol. The first-order valence-corrected chi connectivity index (χ1v) is 8.27. The third-order valence-electron chi connectivity index (χ3n) is 3.60. The van der Waals surface area contributed by atoms with Crippen LogP contribution in [-0.2, 0) is 6.42 Å². The second-order valence-corrected chi connectivity index (χ2v) is 6.07. The Morgan fingerprint density at radius 1 is 1.09 bits per heavy atom. The maximum Gasteiger partial charge on any atom is 0.119 e. The van der Waals surface area contributed by atoms with E-state index in [9.17, 15) is 0 Å². The van der Waals surface area contributed by atoms with E-state index in [4.69, 9.17) is 33.7 Å². The minimum absolute atomic E-state index is 0.155. The van der Waals surface area contributed by atoms with Crippen LogP contribution in [0.4, 0.5) is 0 Å². The molecule has 0 radical (unpaired) electrons. The smallest absolute Gasteiger partial charge is 0.119 e. The Kier molecular flexibility index (Phi) is 6.56. The molecule has 0 fully saturated rings. The fourth-order valence-corrected chi connectivity index (χ4v) is 2.94. The van der Waals surface area contributed by atoms with Gasteiger partial charge in [0.15, 0.2) is 0 Å². The Bertz CT molecular complexity index is 596. The van der Waals surface area contributed by atoms with E-state index in [-0.39, 0.29) is 5.92 Å². The molecule has 0 aromatic heterocycles. The van der Waals surface area contributed by atoms with Gasteiger partial charge in [-0.05, 0) is 54.8 Å². The van der Waals surface area contributed by atoms with Gasteiger partial charge in [0, 0.05) is 16.0 Å². The van der Waals surface area contributed by atoms with Crippen LogP contribution < -0.4 is 10.5 Å². The Balaban J connectivity index is 2.21. The predicted octanol–water partition coefficient (Wildman–Crippen LogP) is 5.07. The third-order valence-corrected chi connectivity index (χ3v) is 4.31. The van der Waals surface area contributed by atoms with Crippen LogP contribution in [0.2, 0.25) is 10.0 Å². The molecule has 0 bridgehead atoms. The van der Waals surface area contributed by atoms with E-state index in [2.05, 4.69) is 19.1 Å². The predicted molar refractivity (Wildman–Crippen MR) is 94.2 cm³/mol. The van der Waals surface area contributed by atoms with Crippen molar-refractivity contribution >= 4 is 23.2 Å². The maximum atomic E-state index is 6.27. The topological polar surface area (TPSA) is 35.2 Å². The molecule has 2 rings (SSSR count). The molecule has 2 nitrogen and oxygen atoms in total. The van der Waals surface area contributed by atoms with Crippen LogP contribution in [0.1, 0.15) is 30.4 Å². The standard InChI is InChI=1S/C18H21Cl2NO/c1-2-9-22-15-6-3-5-13(10-15)14(12-21)11-16-17(19)7-4-8-18(16)20/h3-8,10,14H,2,9,11-12,21H2,1H3. The van der Waals surface area contributed by atoms with E-state index in [1.54, 1.807) is 0 Å². The lowest BCUT2D eigenvalue weighted by Crippen LogP contribution is -2.15. The highest BCUT2D eigenvalue weighted by Gasteiger charge is 2.15. The first-order valence-electron chi connectivity index (χ1n) is 7.51. The Morgan fingerprint density at radius 3 is 2.41 bits per heavy atom. The Morgan fingerprint density at radius 2 is 1.77 bits per heavy atom. The zero-order chi connectivity index (χ0) is 15.9. The molecular formula is C18H21Cl2NO. The molecule has 1 unspecified atom stereocenters. The van der Waals surface area contributed by atoms with Crippen molar-refractivity contribution in [3.8, 4) is 5.75 Å². The zero-order valence-corrected chi connectivity index (χ0v) is 14.2. The van der Waals surface area contributed by atoms with E-state index in [0.29, 0.717) is 29.6 Å². The lowest BCUT2D eigenvalue weighted by molar-refractivity contribution is 0.317. The van der Waals surface area contributed by atoms with Crippen molar-refractivity contribution < 1.29 is 4.74 Å². The van der Waals surface area contributed by atoms with Crippen molar-refractivity contribution in [2.45, 2.75) is 25.7 Å². The minimum atomic E-state index is 0.155. The molecule has 0 aliphatic rings. The number of benzene rings is 2. The van der Waals surface area contributed by atoms with Gasteiger partial charge in [0.05, 0.1) is 6.61 Å². The van der Waals surface area contributed by atoms with Crippen molar-refractivity contribution in [2.24, 2.45) is 5.73 Å². The van der Waals surface area contributed by atoms with Gasteiger partial charge in [-0.3, -0.25) is 0 Å². The van der Waals surface area contributed by atoms with Gasteiger partial charge in [0.2, 0.25) is 0 Å². The molecule has 0 aliphatic heterocycles. The van der Waals surface area contributed by atoms with Gasteiger partial charge in [-0.1, -0.05) is 48.3 Å². The quantitative estimate of drug-likeness (QED) is 0.765. The zero-order valence-electron chi connectivity index (χ0n) is 12.7. The van der Waals surface area contributed by atoms with Crippen molar-refractivity contribution in [3.63, 3.8) is 0 Å². The highest BCUT2D eigenvalue weighted by atomic mass is 35.5. The molecule has 0 spiro atoms. The molecule has 0 heterocycles. The molecule has 0 amide bonds. The van der Waals surface area contributed by atoms with Crippen LogP contribution in [0.15, 0.2) is 42.5 Å². The van der Waals surface area contributed by atoms with E-state index in [1.165, 1.54) is 0 Å². The average Bonchev–Trinajstić information content (AvgIpc) is 2.53. The van der Waals surface area contributed by atoms with E-state index in [1.807, 2.05) is 30.3 Å². The van der Waals surface area contributed by atoms with Crippen molar-refractivity contribution in [1.29, 1.82) is 0 Å². The molecule has 0 aliphatic carbocycles. The first-order chi connectivity index (χ1) is 10.7. The lowest BCUT2D eigenvalue weighted by atomic mass is 9.92. The second kappa shape index (κ2) is 8.42. The summed E-state index contributed by atoms with van der Waals surface area (Å²) in [5, 5.41) is 1.37. The highest BCUT2D eigenvalue weighted by Crippen LogP contribution is 2.31. The summed E-state index contributed by atoms with van der Waals surface area (Å²) in [5.41, 5.74) is 8.07. The fraction of sp³-hybridized carbons (Fsp3) is 0.333. The van der Waals surface area contributed by atoms with Gasteiger partial charge >= 0.3 is 0 Å². The number of ether oxygens (including phenoxy) is 1. The van der Waals surface area contributed by atoms with Gasteiger partial charge < -0.3 is 10.5 Å². The second-order valence-electron chi connectivity index (χ2n) is 5.26. The number of nitrogens with two attached hydrogens (primary N) is 1. The van der Waals surface area contributed by atoms with Gasteiger partial charge in [-0.2, -0.15) is 0 Å². The first kappa shape index (κ1) is 17.1. The molecule has 22 heavy (non-hydrogen) atoms. The van der Waals surface area contributed by atoms with Crippen molar-refractivity contribution in [3.05, 3.63) is 63.6 Å². The number of hydrogen-bond acceptors (Lipinski definition) is 2. The van der Waals surface area contributed by atoms with Crippen LogP contribution >= 0.6 is 23.2 Å². The van der Waals surface area contributed by atoms with Crippen LogP contribution in [0, 0.1) is 0 Å². The van der Waals surface area contributed by atoms with E-state index in [0.717, 1.165) is 23.3 Å². The largest absolute Gasteiger partial charge is 0.494 e. The van der Waals surface area contributed by atoms with Gasteiger partial charge in [-0.15, -0.1) is 0 Å². The van der Waals surface area contributed by atoms with E-state index >= 15 is 0 Å². The summed E-state index contributed by atoms with van der Waals surface area (Å²) >= 11 is 12.5. The van der Waals surface area contributed by atoms with E-state index < -0.39 is 0 Å². The summed E-state index contributed by atoms with van der Waals surface area (Å²) in [4.78, 5) is 0. The molecule has 2 aromatic carbocycles. The van der Waals surface area contributed by atoms with Crippen molar-refractivity contribution in [2.75, 3.05) is 13.2 Å². The van der Waals surface area contributed by atoms with Crippen LogP contribution in [0.3, 0.4) is 0 Å². The minimum Gasteiger partial charge on any atom is -0.494 e. The molecular weight excluding hydrogens is 317 g/mol. The summed E-state index contributed by atoms with van der Waals surface area (Å²) in [6.07, 6.45) is 1.70. The Labute approximate surface area is 142 Å². The maximum absolute atomic E-state index is 6.27. The molecule has 0 saturated heterocycles. The molecule has 1 atom stereocenters. The van der Waals surface area contributed by atoms with Gasteiger partial charge in [0.25, 0.3) is 0 Å². The summed E-state index contributed by atoms with van der Waals surface area (Å²) in [5.74, 6) is 1.03. The molecule has 118 valence electrons. The van der Waals surface area contributed by atoms with Crippen molar-refractivity contribution in [1.82, 2.24) is 0 Å².